The number of carbonyl (C=O) groups is 2. The van der Waals surface area contributed by atoms with Crippen molar-refractivity contribution in [3.63, 3.8) is 0 Å². The second-order valence-corrected chi connectivity index (χ2v) is 11.4. The van der Waals surface area contributed by atoms with Crippen LogP contribution in [0.15, 0.2) is 47.4 Å². The minimum Gasteiger partial charge on any atom is -0.744 e. The van der Waals surface area contributed by atoms with Crippen molar-refractivity contribution in [2.75, 3.05) is 13.2 Å². The largest absolute Gasteiger partial charge is 1.00 e. The fraction of sp³-hybridized carbons (Fsp3) is 0.625. The molecule has 0 heterocycles. The van der Waals surface area contributed by atoms with Gasteiger partial charge in [0.2, 0.25) is 0 Å². The molecule has 0 aliphatic heterocycles. The summed E-state index contributed by atoms with van der Waals surface area (Å²) < 4.78 is 45.1. The number of ether oxygens (including phenoxy) is 2. The Labute approximate surface area is 291 Å². The summed E-state index contributed by atoms with van der Waals surface area (Å²) in [5.41, 5.74) is -0.407. The minimum atomic E-state index is -4.81. The van der Waals surface area contributed by atoms with Crippen LogP contribution < -0.4 is 51.4 Å². The number of unbranched alkanes of at least 4 members (excludes halogenated alkanes) is 12. The van der Waals surface area contributed by atoms with Gasteiger partial charge in [-0.3, -0.25) is 0 Å². The molecule has 226 valence electrons. The first kappa shape index (κ1) is 40.2. The standard InChI is InChI=1S/C32H50O7S.K/c1-3-5-7-9-11-13-15-17-19-21-25-38-31(33)29-24-23-28(40(35,36)37)27-30(29)32(34)39-26-22-20-18-16-14-12-10-8-6-4-2;/h15-18,23-24,27H,3-14,19-22,25-26H2,1-2H3,(H,35,36,37);/q;+1/p-1/b17-15+,18-16+;. The molecular weight excluding hydrogens is 568 g/mol. The van der Waals surface area contributed by atoms with Crippen LogP contribution >= 0.6 is 0 Å². The Morgan fingerprint density at radius 2 is 1.07 bits per heavy atom. The van der Waals surface area contributed by atoms with Crippen molar-refractivity contribution in [1.29, 1.82) is 0 Å². The normalized spacial score (nSPS) is 11.6. The maximum atomic E-state index is 12.7. The first-order valence-corrected chi connectivity index (χ1v) is 16.5. The molecule has 0 saturated heterocycles. The molecule has 1 aromatic rings. The molecule has 0 spiro atoms. The molecule has 0 saturated carbocycles. The molecular formula is C32H49KO7S. The Hall–Kier alpha value is -0.814. The number of allylic oxidation sites excluding steroid dienone is 4. The van der Waals surface area contributed by atoms with Crippen LogP contribution in [0.4, 0.5) is 0 Å². The quantitative estimate of drug-likeness (QED) is 0.0539. The summed E-state index contributed by atoms with van der Waals surface area (Å²) in [6, 6.07) is 3.03. The zero-order chi connectivity index (χ0) is 29.5. The van der Waals surface area contributed by atoms with Crippen molar-refractivity contribution in [2.24, 2.45) is 0 Å². The van der Waals surface area contributed by atoms with Crippen molar-refractivity contribution in [1.82, 2.24) is 0 Å². The Kier molecular flexibility index (Phi) is 25.2. The number of esters is 2. The van der Waals surface area contributed by atoms with Crippen molar-refractivity contribution >= 4 is 22.1 Å². The maximum absolute atomic E-state index is 12.7. The molecule has 0 aromatic heterocycles. The molecule has 1 aromatic carbocycles. The van der Waals surface area contributed by atoms with Gasteiger partial charge in [0, 0.05) is 0 Å². The van der Waals surface area contributed by atoms with Gasteiger partial charge in [0.1, 0.15) is 10.1 Å². The van der Waals surface area contributed by atoms with Gasteiger partial charge in [0.25, 0.3) is 0 Å². The van der Waals surface area contributed by atoms with E-state index in [0.717, 1.165) is 43.9 Å². The van der Waals surface area contributed by atoms with E-state index in [1.54, 1.807) is 0 Å². The van der Waals surface area contributed by atoms with E-state index in [4.69, 9.17) is 9.47 Å². The second kappa shape index (κ2) is 25.7. The van der Waals surface area contributed by atoms with Crippen LogP contribution in [0.5, 0.6) is 0 Å². The van der Waals surface area contributed by atoms with Gasteiger partial charge < -0.3 is 14.0 Å². The topological polar surface area (TPSA) is 110 Å². The van der Waals surface area contributed by atoms with E-state index in [-0.39, 0.29) is 75.7 Å². The molecule has 7 nitrogen and oxygen atoms in total. The maximum Gasteiger partial charge on any atom is 1.00 e. The summed E-state index contributed by atoms with van der Waals surface area (Å²) in [7, 11) is -4.81. The fourth-order valence-corrected chi connectivity index (χ4v) is 4.61. The third-order valence-corrected chi connectivity index (χ3v) is 7.33. The molecule has 0 aliphatic carbocycles. The van der Waals surface area contributed by atoms with Gasteiger partial charge in [-0.1, -0.05) is 89.5 Å². The fourth-order valence-electron chi connectivity index (χ4n) is 4.12. The summed E-state index contributed by atoms with van der Waals surface area (Å²) in [5.74, 6) is -1.62. The van der Waals surface area contributed by atoms with Crippen molar-refractivity contribution in [2.45, 2.75) is 121 Å². The van der Waals surface area contributed by atoms with Gasteiger partial charge in [-0.2, -0.15) is 0 Å². The van der Waals surface area contributed by atoms with Crippen LogP contribution in [0.3, 0.4) is 0 Å². The van der Waals surface area contributed by atoms with Gasteiger partial charge in [0.15, 0.2) is 0 Å². The number of benzene rings is 1. The van der Waals surface area contributed by atoms with E-state index in [2.05, 4.69) is 38.2 Å². The molecule has 1 rings (SSSR count). The first-order valence-electron chi connectivity index (χ1n) is 15.0. The smallest absolute Gasteiger partial charge is 0.744 e. The molecule has 0 aliphatic rings. The van der Waals surface area contributed by atoms with Gasteiger partial charge >= 0.3 is 63.3 Å². The predicted octanol–water partition coefficient (Wildman–Crippen LogP) is 5.30. The monoisotopic (exact) mass is 616 g/mol. The average Bonchev–Trinajstić information content (AvgIpc) is 2.93. The summed E-state index contributed by atoms with van der Waals surface area (Å²) in [4.78, 5) is 24.8. The molecule has 0 bridgehead atoms. The molecule has 0 radical (unpaired) electrons. The Balaban J connectivity index is 0.0000160. The van der Waals surface area contributed by atoms with Crippen LogP contribution in [0, 0.1) is 0 Å². The van der Waals surface area contributed by atoms with E-state index < -0.39 is 27.0 Å². The summed E-state index contributed by atoms with van der Waals surface area (Å²) >= 11 is 0. The zero-order valence-electron chi connectivity index (χ0n) is 25.5. The van der Waals surface area contributed by atoms with Crippen LogP contribution in [0.2, 0.25) is 0 Å². The van der Waals surface area contributed by atoms with Crippen LogP contribution in [0.25, 0.3) is 0 Å². The van der Waals surface area contributed by atoms with Crippen LogP contribution in [0.1, 0.15) is 137 Å². The molecule has 0 amide bonds. The molecule has 41 heavy (non-hydrogen) atoms. The number of rotatable bonds is 23. The van der Waals surface area contributed by atoms with Crippen LogP contribution in [-0.2, 0) is 19.6 Å². The van der Waals surface area contributed by atoms with Gasteiger partial charge in [-0.15, -0.1) is 0 Å². The van der Waals surface area contributed by atoms with Gasteiger partial charge in [-0.25, -0.2) is 18.0 Å². The summed E-state index contributed by atoms with van der Waals surface area (Å²) in [6.07, 6.45) is 25.6. The summed E-state index contributed by atoms with van der Waals surface area (Å²) in [6.45, 7) is 4.65. The minimum absolute atomic E-state index is 0. The van der Waals surface area contributed by atoms with Crippen molar-refractivity contribution in [3.8, 4) is 0 Å². The molecule has 0 unspecified atom stereocenters. The predicted molar refractivity (Wildman–Crippen MR) is 158 cm³/mol. The molecule has 0 N–H and O–H groups in total. The Bertz CT molecular complexity index is 1020. The molecule has 0 atom stereocenters. The SMILES string of the molecule is CCCCCCC/C=C/CCCOC(=O)c1ccc(S(=O)(=O)[O-])cc1C(=O)OCCC/C=C/CCCCCCC.[K+]. The van der Waals surface area contributed by atoms with Crippen molar-refractivity contribution < 1.29 is 83.4 Å². The van der Waals surface area contributed by atoms with Crippen molar-refractivity contribution in [3.05, 3.63) is 53.6 Å². The van der Waals surface area contributed by atoms with Gasteiger partial charge in [-0.05, 0) is 69.6 Å². The van der Waals surface area contributed by atoms with Gasteiger partial charge in [0.05, 0.1) is 29.2 Å². The Morgan fingerprint density at radius 3 is 1.51 bits per heavy atom. The first-order chi connectivity index (χ1) is 19.3. The second-order valence-electron chi connectivity index (χ2n) is 10.1. The van der Waals surface area contributed by atoms with E-state index in [0.29, 0.717) is 12.8 Å². The van der Waals surface area contributed by atoms with E-state index >= 15 is 0 Å². The Morgan fingerprint density at radius 1 is 0.659 bits per heavy atom. The third kappa shape index (κ3) is 19.9. The zero-order valence-corrected chi connectivity index (χ0v) is 29.5. The van der Waals surface area contributed by atoms with E-state index in [1.807, 2.05) is 0 Å². The number of hydrogen-bond acceptors (Lipinski definition) is 7. The third-order valence-electron chi connectivity index (χ3n) is 6.50. The summed E-state index contributed by atoms with van der Waals surface area (Å²) in [5, 5.41) is 0. The molecule has 0 fully saturated rings. The number of hydrogen-bond donors (Lipinski definition) is 0. The van der Waals surface area contributed by atoms with Crippen LogP contribution in [-0.4, -0.2) is 38.1 Å². The average molecular weight is 617 g/mol. The van der Waals surface area contributed by atoms with E-state index in [1.165, 1.54) is 64.2 Å². The number of carbonyl (C=O) groups excluding carboxylic acids is 2. The molecule has 9 heteroatoms. The van der Waals surface area contributed by atoms with E-state index in [9.17, 15) is 22.6 Å².